The second-order valence-corrected chi connectivity index (χ2v) is 8.75. The van der Waals surface area contributed by atoms with Crippen LogP contribution in [0.1, 0.15) is 20.3 Å². The van der Waals surface area contributed by atoms with Gasteiger partial charge in [0.2, 0.25) is 42.1 Å². The molecule has 43 heavy (non-hydrogen) atoms. The fourth-order valence-corrected chi connectivity index (χ4v) is 2.73. The monoisotopic (exact) mass is 624 g/mol. The average Bonchev–Trinajstić information content (AvgIpc) is 2.95. The molecule has 4 atom stereocenters. The van der Waals surface area contributed by atoms with Crippen LogP contribution in [0.2, 0.25) is 0 Å². The molecule has 0 fully saturated rings. The second-order valence-electron chi connectivity index (χ2n) is 8.75. The van der Waals surface area contributed by atoms with Gasteiger partial charge in [-0.2, -0.15) is 0 Å². The van der Waals surface area contributed by atoms with E-state index in [1.165, 1.54) is 13.8 Å². The number of aliphatic hydroxyl groups is 4. The molecule has 0 aliphatic rings. The highest BCUT2D eigenvalue weighted by atomic mass is 16.7. The molecule has 4 unspecified atom stereocenters. The fraction of sp³-hybridized carbons (Fsp3) is 0.696. The number of methoxy groups -OCH3 is 1. The molecule has 0 aliphatic heterocycles. The molecule has 0 aliphatic carbocycles. The van der Waals surface area contributed by atoms with Crippen LogP contribution in [0.5, 0.6) is 0 Å². The molecule has 0 aromatic heterocycles. The zero-order valence-corrected chi connectivity index (χ0v) is 23.9. The number of Topliss-reactive ketones (excluding diaryl/α,β-unsaturated/α-hetero) is 1. The van der Waals surface area contributed by atoms with E-state index in [1.54, 1.807) is 0 Å². The molecular weight excluding hydrogens is 584 g/mol. The largest absolute Gasteiger partial charge is 0.453 e. The van der Waals surface area contributed by atoms with E-state index in [2.05, 4.69) is 36.6 Å². The highest BCUT2D eigenvalue weighted by Crippen LogP contribution is 2.09. The minimum absolute atomic E-state index is 0.176. The smallest absolute Gasteiger partial charge is 0.406 e. The summed E-state index contributed by atoms with van der Waals surface area (Å²) >= 11 is 0. The van der Waals surface area contributed by atoms with Crippen molar-refractivity contribution < 1.29 is 68.2 Å². The van der Waals surface area contributed by atoms with Crippen molar-refractivity contribution in [3.63, 3.8) is 0 Å². The third-order valence-corrected chi connectivity index (χ3v) is 5.01. The molecule has 0 heterocycles. The molecule has 0 rings (SSSR count). The number of amides is 6. The SMILES string of the molecule is COC(=O)NCCC(=O)NC(COC(OC(CO)C(C)O)C(O)O)C(=O)NCC(=O)NCC(=O)NCC(=O)NCC(C)=O. The standard InChI is InChI=1S/C23H40N6O14/c1-12(31)6-25-17(34)7-26-18(35)8-27-19(36)9-28-20(37)14(29-16(33)4-5-24-23(40)41-3)11-42-22(21(38)39)43-15(10-30)13(2)32/h13-15,21-22,30,32,38-39H,4-11H2,1-3H3,(H,24,40)(H,25,34)(H,26,35)(H,27,36)(H,28,37)(H,29,33). The quantitative estimate of drug-likeness (QED) is 0.0532. The van der Waals surface area contributed by atoms with Gasteiger partial charge in [-0.15, -0.1) is 0 Å². The lowest BCUT2D eigenvalue weighted by Gasteiger charge is -2.28. The average molecular weight is 625 g/mol. The summed E-state index contributed by atoms with van der Waals surface area (Å²) in [6, 6.07) is -1.56. The van der Waals surface area contributed by atoms with Crippen LogP contribution >= 0.6 is 0 Å². The van der Waals surface area contributed by atoms with E-state index in [-0.39, 0.29) is 25.3 Å². The van der Waals surface area contributed by atoms with Crippen LogP contribution in [0.3, 0.4) is 0 Å². The summed E-state index contributed by atoms with van der Waals surface area (Å²) in [4.78, 5) is 82.4. The Kier molecular flexibility index (Phi) is 19.7. The lowest BCUT2D eigenvalue weighted by atomic mass is 10.2. The Hall–Kier alpha value is -3.95. The Morgan fingerprint density at radius 3 is 1.77 bits per heavy atom. The molecule has 0 saturated heterocycles. The predicted molar refractivity (Wildman–Crippen MR) is 141 cm³/mol. The van der Waals surface area contributed by atoms with Gasteiger partial charge in [0.15, 0.2) is 0 Å². The molecule has 10 N–H and O–H groups in total. The number of hydrogen-bond donors (Lipinski definition) is 10. The first-order chi connectivity index (χ1) is 20.2. The maximum Gasteiger partial charge on any atom is 0.406 e. The van der Waals surface area contributed by atoms with E-state index in [9.17, 15) is 54.0 Å². The van der Waals surface area contributed by atoms with Crippen molar-refractivity contribution in [2.24, 2.45) is 0 Å². The summed E-state index contributed by atoms with van der Waals surface area (Å²) in [6.45, 7) is -1.03. The summed E-state index contributed by atoms with van der Waals surface area (Å²) in [5.41, 5.74) is 0. The zero-order chi connectivity index (χ0) is 32.9. The normalized spacial score (nSPS) is 13.5. The molecule has 0 radical (unpaired) electrons. The van der Waals surface area contributed by atoms with E-state index >= 15 is 0 Å². The Morgan fingerprint density at radius 2 is 1.30 bits per heavy atom. The first-order valence-corrected chi connectivity index (χ1v) is 12.8. The van der Waals surface area contributed by atoms with Gasteiger partial charge in [0, 0.05) is 13.0 Å². The van der Waals surface area contributed by atoms with Crippen LogP contribution in [-0.2, 0) is 43.0 Å². The Labute approximate surface area is 246 Å². The summed E-state index contributed by atoms with van der Waals surface area (Å²) in [5, 5.41) is 51.3. The summed E-state index contributed by atoms with van der Waals surface area (Å²) in [7, 11) is 1.11. The maximum atomic E-state index is 12.7. The molecule has 20 heteroatoms. The summed E-state index contributed by atoms with van der Waals surface area (Å²) < 4.78 is 14.7. The number of ether oxygens (including phenoxy) is 3. The maximum absolute atomic E-state index is 12.7. The number of carbonyl (C=O) groups excluding carboxylic acids is 7. The number of rotatable bonds is 21. The van der Waals surface area contributed by atoms with Gasteiger partial charge in [0.25, 0.3) is 0 Å². The number of aliphatic hydroxyl groups excluding tert-OH is 3. The van der Waals surface area contributed by atoms with Gasteiger partial charge in [0.05, 0.1) is 52.6 Å². The Bertz CT molecular complexity index is 947. The van der Waals surface area contributed by atoms with Crippen LogP contribution in [0.4, 0.5) is 4.79 Å². The second kappa shape index (κ2) is 21.7. The number of nitrogens with one attached hydrogen (secondary N) is 6. The summed E-state index contributed by atoms with van der Waals surface area (Å²) in [6.07, 6.45) is -7.86. The fourth-order valence-electron chi connectivity index (χ4n) is 2.73. The Balaban J connectivity index is 5.08. The molecule has 0 aromatic rings. The number of hydrogen-bond acceptors (Lipinski definition) is 14. The van der Waals surface area contributed by atoms with Crippen LogP contribution in [0.15, 0.2) is 0 Å². The molecule has 246 valence electrons. The minimum atomic E-state index is -2.30. The molecule has 0 bridgehead atoms. The van der Waals surface area contributed by atoms with Crippen molar-refractivity contribution in [2.75, 3.05) is 53.0 Å². The van der Waals surface area contributed by atoms with Crippen molar-refractivity contribution in [1.29, 1.82) is 0 Å². The topological polar surface area (TPSA) is 300 Å². The number of carbonyl (C=O) groups is 7. The third kappa shape index (κ3) is 19.0. The Morgan fingerprint density at radius 1 is 0.767 bits per heavy atom. The first kappa shape index (κ1) is 39.0. The van der Waals surface area contributed by atoms with Crippen LogP contribution in [0.25, 0.3) is 0 Å². The molecule has 0 aromatic carbocycles. The van der Waals surface area contributed by atoms with Crippen molar-refractivity contribution in [3.05, 3.63) is 0 Å². The summed E-state index contributed by atoms with van der Waals surface area (Å²) in [5.74, 6) is -4.26. The lowest BCUT2D eigenvalue weighted by molar-refractivity contribution is -0.281. The van der Waals surface area contributed by atoms with Crippen LogP contribution in [-0.4, -0.2) is 146 Å². The van der Waals surface area contributed by atoms with Gasteiger partial charge in [-0.3, -0.25) is 28.8 Å². The predicted octanol–water partition coefficient (Wildman–Crippen LogP) is -6.32. The molecule has 0 spiro atoms. The van der Waals surface area contributed by atoms with Gasteiger partial charge >= 0.3 is 6.09 Å². The van der Waals surface area contributed by atoms with Gasteiger partial charge in [-0.25, -0.2) is 4.79 Å². The number of alkyl carbamates (subject to hydrolysis) is 1. The third-order valence-electron chi connectivity index (χ3n) is 5.01. The van der Waals surface area contributed by atoms with E-state index < -0.39 is 99.3 Å². The first-order valence-electron chi connectivity index (χ1n) is 12.8. The van der Waals surface area contributed by atoms with E-state index in [1.807, 2.05) is 0 Å². The van der Waals surface area contributed by atoms with Gasteiger partial charge in [0.1, 0.15) is 17.9 Å². The van der Waals surface area contributed by atoms with Crippen LogP contribution < -0.4 is 31.9 Å². The molecular formula is C23H40N6O14. The minimum Gasteiger partial charge on any atom is -0.453 e. The van der Waals surface area contributed by atoms with Crippen molar-refractivity contribution >= 4 is 41.4 Å². The van der Waals surface area contributed by atoms with E-state index in [0.29, 0.717) is 0 Å². The molecule has 20 nitrogen and oxygen atoms in total. The van der Waals surface area contributed by atoms with Gasteiger partial charge < -0.3 is 66.5 Å². The molecule has 0 saturated carbocycles. The molecule has 6 amide bonds. The van der Waals surface area contributed by atoms with Gasteiger partial charge in [-0.1, -0.05) is 0 Å². The zero-order valence-electron chi connectivity index (χ0n) is 23.9. The van der Waals surface area contributed by atoms with E-state index in [0.717, 1.165) is 7.11 Å². The van der Waals surface area contributed by atoms with Crippen molar-refractivity contribution in [1.82, 2.24) is 31.9 Å². The number of ketones is 1. The highest BCUT2D eigenvalue weighted by Gasteiger charge is 2.29. The lowest BCUT2D eigenvalue weighted by Crippen LogP contribution is -2.53. The van der Waals surface area contributed by atoms with Gasteiger partial charge in [-0.05, 0) is 13.8 Å². The highest BCUT2D eigenvalue weighted by molar-refractivity contribution is 5.92. The van der Waals surface area contributed by atoms with E-state index in [4.69, 9.17) is 9.47 Å². The van der Waals surface area contributed by atoms with Crippen molar-refractivity contribution in [3.8, 4) is 0 Å². The van der Waals surface area contributed by atoms with Crippen LogP contribution in [0, 0.1) is 0 Å². The van der Waals surface area contributed by atoms with Crippen molar-refractivity contribution in [2.45, 2.75) is 51.1 Å².